The molecule has 0 unspecified atom stereocenters. The summed E-state index contributed by atoms with van der Waals surface area (Å²) in [5.41, 5.74) is 0.853. The summed E-state index contributed by atoms with van der Waals surface area (Å²) >= 11 is 0. The number of aryl methyl sites for hydroxylation is 1. The molecule has 7 nitrogen and oxygen atoms in total. The molecule has 7 heteroatoms. The molecule has 2 aliphatic rings. The molecule has 2 fully saturated rings. The van der Waals surface area contributed by atoms with Crippen molar-refractivity contribution in [2.24, 2.45) is 16.7 Å². The minimum absolute atomic E-state index is 0.00833. The highest BCUT2D eigenvalue weighted by Crippen LogP contribution is 2.66. The summed E-state index contributed by atoms with van der Waals surface area (Å²) in [5, 5.41) is 15.2. The minimum atomic E-state index is -0.459. The van der Waals surface area contributed by atoms with Crippen molar-refractivity contribution in [1.82, 2.24) is 9.78 Å². The van der Waals surface area contributed by atoms with E-state index in [4.69, 9.17) is 4.74 Å². The highest BCUT2D eigenvalue weighted by Gasteiger charge is 2.62. The Labute approximate surface area is 141 Å². The van der Waals surface area contributed by atoms with Crippen LogP contribution in [0.2, 0.25) is 0 Å². The second kappa shape index (κ2) is 5.29. The second-order valence-electron chi connectivity index (χ2n) is 8.02. The van der Waals surface area contributed by atoms with E-state index in [0.717, 1.165) is 12.8 Å². The quantitative estimate of drug-likeness (QED) is 0.479. The standard InChI is InChI=1S/C17H25N3O4/c1-10-15(20(22)23)11(2)19(18-10)9-14(21)24-13-8-12-6-7-17(13,5)16(12,3)4/h12-13H,6-9H2,1-5H3/t12-,13+,17-/m1/s1. The molecule has 2 saturated carbocycles. The van der Waals surface area contributed by atoms with Gasteiger partial charge in [0.15, 0.2) is 0 Å². The van der Waals surface area contributed by atoms with Crippen LogP contribution in [-0.4, -0.2) is 26.8 Å². The Balaban J connectivity index is 1.72. The van der Waals surface area contributed by atoms with Gasteiger partial charge in [0.25, 0.3) is 0 Å². The van der Waals surface area contributed by atoms with E-state index in [1.807, 2.05) is 0 Å². The number of hydrogen-bond acceptors (Lipinski definition) is 5. The van der Waals surface area contributed by atoms with Gasteiger partial charge in [0.05, 0.1) is 4.92 Å². The Bertz CT molecular complexity index is 709. The predicted molar refractivity (Wildman–Crippen MR) is 87.5 cm³/mol. The molecule has 2 aliphatic carbocycles. The first-order chi connectivity index (χ1) is 11.1. The highest BCUT2D eigenvalue weighted by atomic mass is 16.6. The van der Waals surface area contributed by atoms with Gasteiger partial charge in [-0.15, -0.1) is 0 Å². The third kappa shape index (κ3) is 2.24. The third-order valence-corrected chi connectivity index (χ3v) is 6.79. The van der Waals surface area contributed by atoms with Gasteiger partial charge in [0.1, 0.15) is 24.0 Å². The first kappa shape index (κ1) is 16.9. The molecule has 2 bridgehead atoms. The highest BCUT2D eigenvalue weighted by molar-refractivity contribution is 5.69. The van der Waals surface area contributed by atoms with Crippen LogP contribution in [-0.2, 0) is 16.1 Å². The summed E-state index contributed by atoms with van der Waals surface area (Å²) in [6.45, 7) is 9.84. The third-order valence-electron chi connectivity index (χ3n) is 6.79. The van der Waals surface area contributed by atoms with Crippen LogP contribution in [0, 0.1) is 40.7 Å². The van der Waals surface area contributed by atoms with Crippen LogP contribution >= 0.6 is 0 Å². The number of carbonyl (C=O) groups excluding carboxylic acids is 1. The summed E-state index contributed by atoms with van der Waals surface area (Å²) in [6.07, 6.45) is 3.10. The number of esters is 1. The molecule has 1 aromatic rings. The number of nitro groups is 1. The fraction of sp³-hybridized carbons (Fsp3) is 0.765. The van der Waals surface area contributed by atoms with Crippen molar-refractivity contribution in [3.63, 3.8) is 0 Å². The fourth-order valence-electron chi connectivity index (χ4n) is 4.73. The second-order valence-corrected chi connectivity index (χ2v) is 8.02. The normalized spacial score (nSPS) is 30.5. The average molecular weight is 335 g/mol. The molecular weight excluding hydrogens is 310 g/mol. The van der Waals surface area contributed by atoms with Crippen molar-refractivity contribution in [1.29, 1.82) is 0 Å². The van der Waals surface area contributed by atoms with E-state index in [1.165, 1.54) is 11.1 Å². The molecule has 0 aliphatic heterocycles. The number of aromatic nitrogens is 2. The Hall–Kier alpha value is -1.92. The van der Waals surface area contributed by atoms with Crippen LogP contribution in [0.25, 0.3) is 0 Å². The van der Waals surface area contributed by atoms with Crippen LogP contribution in [0.1, 0.15) is 51.4 Å². The molecule has 132 valence electrons. The van der Waals surface area contributed by atoms with Crippen LogP contribution in [0.4, 0.5) is 5.69 Å². The molecule has 1 heterocycles. The van der Waals surface area contributed by atoms with E-state index in [9.17, 15) is 14.9 Å². The molecule has 0 N–H and O–H groups in total. The molecule has 24 heavy (non-hydrogen) atoms. The van der Waals surface area contributed by atoms with E-state index in [0.29, 0.717) is 17.3 Å². The topological polar surface area (TPSA) is 87.3 Å². The maximum atomic E-state index is 12.4. The summed E-state index contributed by atoms with van der Waals surface area (Å²) < 4.78 is 7.15. The van der Waals surface area contributed by atoms with Gasteiger partial charge in [-0.1, -0.05) is 20.8 Å². The Morgan fingerprint density at radius 2 is 2.08 bits per heavy atom. The smallest absolute Gasteiger partial charge is 0.328 e. The van der Waals surface area contributed by atoms with Gasteiger partial charge in [0, 0.05) is 5.41 Å². The van der Waals surface area contributed by atoms with E-state index in [-0.39, 0.29) is 35.1 Å². The van der Waals surface area contributed by atoms with Gasteiger partial charge < -0.3 is 4.74 Å². The number of ether oxygens (including phenoxy) is 1. The first-order valence-corrected chi connectivity index (χ1v) is 8.46. The lowest BCUT2D eigenvalue weighted by molar-refractivity contribution is -0.386. The summed E-state index contributed by atoms with van der Waals surface area (Å²) in [7, 11) is 0. The zero-order valence-electron chi connectivity index (χ0n) is 15.0. The van der Waals surface area contributed by atoms with E-state index in [1.54, 1.807) is 13.8 Å². The Morgan fingerprint density at radius 1 is 1.42 bits per heavy atom. The van der Waals surface area contributed by atoms with Crippen molar-refractivity contribution in [2.75, 3.05) is 0 Å². The van der Waals surface area contributed by atoms with E-state index in [2.05, 4.69) is 25.9 Å². The summed E-state index contributed by atoms with van der Waals surface area (Å²) in [4.78, 5) is 23.0. The zero-order chi connectivity index (χ0) is 17.9. The van der Waals surface area contributed by atoms with Crippen molar-refractivity contribution in [3.8, 4) is 0 Å². The van der Waals surface area contributed by atoms with Crippen LogP contribution < -0.4 is 0 Å². The maximum absolute atomic E-state index is 12.4. The SMILES string of the molecule is Cc1nn(CC(=O)O[C@H]2C[C@H]3CC[C@@]2(C)C3(C)C)c(C)c1[N+](=O)[O-]. The van der Waals surface area contributed by atoms with Crippen molar-refractivity contribution in [3.05, 3.63) is 21.5 Å². The molecule has 0 spiro atoms. The molecule has 3 atom stereocenters. The minimum Gasteiger partial charge on any atom is -0.460 e. The van der Waals surface area contributed by atoms with Crippen LogP contribution in [0.5, 0.6) is 0 Å². The number of nitrogens with zero attached hydrogens (tertiary/aromatic N) is 3. The van der Waals surface area contributed by atoms with Crippen LogP contribution in [0.15, 0.2) is 0 Å². The first-order valence-electron chi connectivity index (χ1n) is 8.46. The molecule has 1 aromatic heterocycles. The van der Waals surface area contributed by atoms with Gasteiger partial charge in [-0.3, -0.25) is 19.6 Å². The van der Waals surface area contributed by atoms with Crippen molar-refractivity contribution < 1.29 is 14.5 Å². The van der Waals surface area contributed by atoms with Gasteiger partial charge in [-0.25, -0.2) is 0 Å². The lowest BCUT2D eigenvalue weighted by Gasteiger charge is -2.38. The van der Waals surface area contributed by atoms with Crippen LogP contribution in [0.3, 0.4) is 0 Å². The Morgan fingerprint density at radius 3 is 2.54 bits per heavy atom. The lowest BCUT2D eigenvalue weighted by atomic mass is 9.70. The van der Waals surface area contributed by atoms with Gasteiger partial charge >= 0.3 is 11.7 Å². The van der Waals surface area contributed by atoms with E-state index >= 15 is 0 Å². The number of carbonyl (C=O) groups is 1. The fourth-order valence-corrected chi connectivity index (χ4v) is 4.73. The van der Waals surface area contributed by atoms with Crippen molar-refractivity contribution in [2.45, 2.75) is 66.5 Å². The lowest BCUT2D eigenvalue weighted by Crippen LogP contribution is -2.39. The number of rotatable bonds is 4. The zero-order valence-corrected chi connectivity index (χ0v) is 15.0. The molecule has 0 saturated heterocycles. The van der Waals surface area contributed by atoms with Gasteiger partial charge in [-0.2, -0.15) is 5.10 Å². The van der Waals surface area contributed by atoms with E-state index < -0.39 is 4.92 Å². The molecule has 3 rings (SSSR count). The molecular formula is C17H25N3O4. The van der Waals surface area contributed by atoms with Gasteiger partial charge in [-0.05, 0) is 44.4 Å². The molecule has 0 aromatic carbocycles. The maximum Gasteiger partial charge on any atom is 0.328 e. The summed E-state index contributed by atoms with van der Waals surface area (Å²) in [5.74, 6) is 0.222. The number of fused-ring (bicyclic) bond motifs is 2. The predicted octanol–water partition coefficient (Wildman–Crippen LogP) is 3.17. The monoisotopic (exact) mass is 335 g/mol. The van der Waals surface area contributed by atoms with Gasteiger partial charge in [0.2, 0.25) is 0 Å². The largest absolute Gasteiger partial charge is 0.460 e. The van der Waals surface area contributed by atoms with Crippen molar-refractivity contribution >= 4 is 11.7 Å². The average Bonchev–Trinajstić information content (AvgIpc) is 2.93. The summed E-state index contributed by atoms with van der Waals surface area (Å²) in [6, 6.07) is 0. The Kier molecular flexibility index (Phi) is 3.73. The number of hydrogen-bond donors (Lipinski definition) is 0. The molecule has 0 radical (unpaired) electrons. The molecule has 0 amide bonds.